The van der Waals surface area contributed by atoms with Crippen LogP contribution >= 0.6 is 0 Å². The Morgan fingerprint density at radius 1 is 0.743 bits per heavy atom. The zero-order chi connectivity index (χ0) is 25.7. The number of piperidine rings is 1. The van der Waals surface area contributed by atoms with E-state index in [1.807, 2.05) is 0 Å². The predicted octanol–water partition coefficient (Wildman–Crippen LogP) is 6.21. The average molecular weight is 518 g/mol. The van der Waals surface area contributed by atoms with Gasteiger partial charge >= 0.3 is 0 Å². The first-order chi connectivity index (χ1) is 16.4. The number of rotatable bonds is 7. The van der Waals surface area contributed by atoms with Crippen LogP contribution in [0.2, 0.25) is 0 Å². The molecule has 35 heavy (non-hydrogen) atoms. The maximum absolute atomic E-state index is 14.4. The van der Waals surface area contributed by atoms with Gasteiger partial charge in [0.05, 0.1) is 15.0 Å². The number of hydrogen-bond acceptors (Lipinski definition) is 4. The fraction of sp³-hybridized carbons (Fsp3) is 0.571. The lowest BCUT2D eigenvalue weighted by molar-refractivity contribution is 0.248. The minimum atomic E-state index is -3.79. The minimum Gasteiger partial charge on any atom is -0.223 e. The van der Waals surface area contributed by atoms with Crippen LogP contribution in [0.4, 0.5) is 0 Å². The van der Waals surface area contributed by atoms with Gasteiger partial charge in [-0.2, -0.15) is 4.31 Å². The van der Waals surface area contributed by atoms with Gasteiger partial charge in [0.2, 0.25) is 10.0 Å². The molecular weight excluding hydrogens is 478 g/mol. The van der Waals surface area contributed by atoms with E-state index in [0.717, 1.165) is 16.7 Å². The molecule has 0 aromatic heterocycles. The molecule has 2 aliphatic heterocycles. The highest BCUT2D eigenvalue weighted by atomic mass is 32.2. The summed E-state index contributed by atoms with van der Waals surface area (Å²) >= 11 is 0. The predicted molar refractivity (Wildman–Crippen MR) is 141 cm³/mol. The number of hydrogen-bond donors (Lipinski definition) is 0. The Balaban J connectivity index is 1.76. The number of sulfonamides is 1. The molecule has 0 N–H and O–H groups in total. The zero-order valence-electron chi connectivity index (χ0n) is 21.7. The van der Waals surface area contributed by atoms with Crippen molar-refractivity contribution in [2.45, 2.75) is 112 Å². The van der Waals surface area contributed by atoms with Gasteiger partial charge in [-0.3, -0.25) is 0 Å². The SMILES string of the molecule is CC(C)c1cc(C(C)C)c(S(=O)(=O)N2C3CCC2CC(S(=O)(=O)c2ccccc2)C3)c(C(C)C)c1. The fourth-order valence-electron chi connectivity index (χ4n) is 5.83. The molecule has 2 unspecified atom stereocenters. The molecule has 2 aromatic carbocycles. The molecule has 5 nitrogen and oxygen atoms in total. The van der Waals surface area contributed by atoms with E-state index in [2.05, 4.69) is 53.7 Å². The van der Waals surface area contributed by atoms with Crippen molar-refractivity contribution in [1.29, 1.82) is 0 Å². The van der Waals surface area contributed by atoms with Crippen LogP contribution in [0, 0.1) is 0 Å². The van der Waals surface area contributed by atoms with E-state index >= 15 is 0 Å². The van der Waals surface area contributed by atoms with Gasteiger partial charge in [0.15, 0.2) is 9.84 Å². The highest BCUT2D eigenvalue weighted by Crippen LogP contribution is 2.45. The van der Waals surface area contributed by atoms with Crippen molar-refractivity contribution in [3.05, 3.63) is 59.2 Å². The topological polar surface area (TPSA) is 71.5 Å². The lowest BCUT2D eigenvalue weighted by Gasteiger charge is -2.38. The van der Waals surface area contributed by atoms with Crippen LogP contribution in [0.15, 0.2) is 52.3 Å². The summed E-state index contributed by atoms with van der Waals surface area (Å²) in [5.74, 6) is 0.422. The van der Waals surface area contributed by atoms with Crippen LogP contribution in [0.5, 0.6) is 0 Å². The smallest absolute Gasteiger partial charge is 0.223 e. The highest BCUT2D eigenvalue weighted by molar-refractivity contribution is 7.92. The second-order valence-corrected chi connectivity index (χ2v) is 15.2. The molecule has 0 spiro atoms. The summed E-state index contributed by atoms with van der Waals surface area (Å²) in [4.78, 5) is 0.780. The summed E-state index contributed by atoms with van der Waals surface area (Å²) in [5, 5.41) is -0.550. The number of fused-ring (bicyclic) bond motifs is 2. The Bertz CT molecular complexity index is 1240. The number of sulfone groups is 1. The molecule has 0 saturated carbocycles. The zero-order valence-corrected chi connectivity index (χ0v) is 23.4. The van der Waals surface area contributed by atoms with Crippen molar-refractivity contribution in [2.24, 2.45) is 0 Å². The maximum atomic E-state index is 14.4. The Hall–Kier alpha value is -1.70. The largest absolute Gasteiger partial charge is 0.244 e. The molecule has 0 amide bonds. The lowest BCUT2D eigenvalue weighted by atomic mass is 9.89. The molecule has 0 aliphatic carbocycles. The third-order valence-corrected chi connectivity index (χ3v) is 12.1. The first-order valence-corrected chi connectivity index (χ1v) is 15.8. The van der Waals surface area contributed by atoms with Crippen LogP contribution in [0.25, 0.3) is 0 Å². The van der Waals surface area contributed by atoms with E-state index in [9.17, 15) is 16.8 Å². The molecule has 7 heteroatoms. The molecule has 2 aliphatic rings. The molecule has 0 radical (unpaired) electrons. The van der Waals surface area contributed by atoms with Gasteiger partial charge in [-0.05, 0) is 72.3 Å². The molecule has 4 rings (SSSR count). The number of benzene rings is 2. The van der Waals surface area contributed by atoms with Gasteiger partial charge in [0, 0.05) is 12.1 Å². The summed E-state index contributed by atoms with van der Waals surface area (Å²) in [5.41, 5.74) is 2.91. The first-order valence-electron chi connectivity index (χ1n) is 12.9. The van der Waals surface area contributed by atoms with Crippen molar-refractivity contribution < 1.29 is 16.8 Å². The van der Waals surface area contributed by atoms with Crippen LogP contribution < -0.4 is 0 Å². The minimum absolute atomic E-state index is 0.0598. The summed E-state index contributed by atoms with van der Waals surface area (Å²) < 4.78 is 57.2. The number of nitrogens with zero attached hydrogens (tertiary/aromatic N) is 1. The Labute approximate surface area is 211 Å². The van der Waals surface area contributed by atoms with Gasteiger partial charge in [-0.25, -0.2) is 16.8 Å². The third kappa shape index (κ3) is 4.72. The van der Waals surface area contributed by atoms with Crippen molar-refractivity contribution in [3.63, 3.8) is 0 Å². The van der Waals surface area contributed by atoms with Crippen LogP contribution in [-0.4, -0.2) is 38.5 Å². The summed E-state index contributed by atoms with van der Waals surface area (Å²) in [6.45, 7) is 12.5. The first kappa shape index (κ1) is 26.4. The monoisotopic (exact) mass is 517 g/mol. The van der Waals surface area contributed by atoms with Gasteiger partial charge in [-0.1, -0.05) is 71.9 Å². The Morgan fingerprint density at radius 3 is 1.66 bits per heavy atom. The summed E-state index contributed by atoms with van der Waals surface area (Å²) in [7, 11) is -7.29. The average Bonchev–Trinajstić information content (AvgIpc) is 3.09. The van der Waals surface area contributed by atoms with Crippen molar-refractivity contribution >= 4 is 19.9 Å². The molecule has 192 valence electrons. The van der Waals surface area contributed by atoms with Crippen LogP contribution in [0.3, 0.4) is 0 Å². The van der Waals surface area contributed by atoms with Crippen LogP contribution in [-0.2, 0) is 19.9 Å². The standard InChI is InChI=1S/C28H39NO4S2/c1-18(2)21-14-26(19(3)4)28(27(15-21)20(5)6)35(32,33)29-22-12-13-23(29)17-25(16-22)34(30,31)24-10-8-7-9-11-24/h7-11,14-15,18-20,22-23,25H,12-13,16-17H2,1-6H3. The molecule has 2 saturated heterocycles. The van der Waals surface area contributed by atoms with E-state index < -0.39 is 25.1 Å². The van der Waals surface area contributed by atoms with E-state index in [4.69, 9.17) is 0 Å². The maximum Gasteiger partial charge on any atom is 0.244 e. The molecule has 2 atom stereocenters. The van der Waals surface area contributed by atoms with E-state index in [0.29, 0.717) is 41.4 Å². The van der Waals surface area contributed by atoms with E-state index in [-0.39, 0.29) is 23.9 Å². The van der Waals surface area contributed by atoms with E-state index in [1.165, 1.54) is 0 Å². The van der Waals surface area contributed by atoms with Crippen molar-refractivity contribution in [3.8, 4) is 0 Å². The summed E-state index contributed by atoms with van der Waals surface area (Å²) in [6, 6.07) is 12.1. The van der Waals surface area contributed by atoms with E-state index in [1.54, 1.807) is 34.6 Å². The Morgan fingerprint density at radius 2 is 1.23 bits per heavy atom. The van der Waals surface area contributed by atoms with Crippen molar-refractivity contribution in [1.82, 2.24) is 4.31 Å². The third-order valence-electron chi connectivity index (χ3n) is 7.75. The van der Waals surface area contributed by atoms with Gasteiger partial charge in [0.25, 0.3) is 0 Å². The van der Waals surface area contributed by atoms with Crippen LogP contribution in [0.1, 0.15) is 102 Å². The second-order valence-electron chi connectivity index (χ2n) is 11.2. The second kappa shape index (κ2) is 9.64. The Kier molecular flexibility index (Phi) is 7.26. The van der Waals surface area contributed by atoms with Gasteiger partial charge in [0.1, 0.15) is 0 Å². The fourth-order valence-corrected chi connectivity index (χ4v) is 10.3. The molecule has 2 heterocycles. The molecule has 2 bridgehead atoms. The molecule has 2 fully saturated rings. The highest BCUT2D eigenvalue weighted by Gasteiger charge is 2.51. The quantitative estimate of drug-likeness (QED) is 0.437. The lowest BCUT2D eigenvalue weighted by Crippen LogP contribution is -2.50. The van der Waals surface area contributed by atoms with Gasteiger partial charge in [-0.15, -0.1) is 0 Å². The van der Waals surface area contributed by atoms with Crippen molar-refractivity contribution in [2.75, 3.05) is 0 Å². The summed E-state index contributed by atoms with van der Waals surface area (Å²) in [6.07, 6.45) is 2.13. The molecular formula is C28H39NO4S2. The normalized spacial score (nSPS) is 23.5. The molecule has 2 aromatic rings. The van der Waals surface area contributed by atoms with Gasteiger partial charge < -0.3 is 0 Å².